The molecule has 0 aliphatic carbocycles. The third-order valence-electron chi connectivity index (χ3n) is 2.80. The van der Waals surface area contributed by atoms with Crippen LogP contribution in [0.5, 0.6) is 0 Å². The first-order chi connectivity index (χ1) is 7.66. The number of carbonyl (C=O) groups is 1. The van der Waals surface area contributed by atoms with Crippen molar-refractivity contribution in [1.29, 1.82) is 0 Å². The topological polar surface area (TPSA) is 64.3 Å². The van der Waals surface area contributed by atoms with E-state index in [1.807, 2.05) is 6.92 Å². The zero-order valence-electron chi connectivity index (χ0n) is 9.32. The number of rotatable bonds is 2. The van der Waals surface area contributed by atoms with Crippen LogP contribution in [-0.4, -0.2) is 25.2 Å². The van der Waals surface area contributed by atoms with Crippen LogP contribution >= 0.6 is 0 Å². The lowest BCUT2D eigenvalue weighted by atomic mass is 10.1. The van der Waals surface area contributed by atoms with Crippen LogP contribution < -0.4 is 11.1 Å². The number of aryl methyl sites for hydroxylation is 1. The molecular weight excluding hydrogens is 204 g/mol. The fraction of sp³-hybridized carbons (Fsp3) is 0.417. The number of hydrogen-bond donors (Lipinski definition) is 2. The van der Waals surface area contributed by atoms with Crippen LogP contribution in [0.15, 0.2) is 18.2 Å². The van der Waals surface area contributed by atoms with Gasteiger partial charge in [0, 0.05) is 17.9 Å². The lowest BCUT2D eigenvalue weighted by Gasteiger charge is -2.11. The average molecular weight is 220 g/mol. The molecule has 1 aliphatic rings. The summed E-state index contributed by atoms with van der Waals surface area (Å²) in [5.74, 6) is -0.0569. The van der Waals surface area contributed by atoms with Crippen molar-refractivity contribution in [2.75, 3.05) is 18.9 Å². The van der Waals surface area contributed by atoms with Crippen LogP contribution in [0.3, 0.4) is 0 Å². The summed E-state index contributed by atoms with van der Waals surface area (Å²) >= 11 is 0. The second kappa shape index (κ2) is 4.53. The standard InChI is InChI=1S/C12H16N2O2/c1-8-6-9(2-3-11(8)13)12(15)14-10-4-5-16-7-10/h2-3,6,10H,4-5,7,13H2,1H3,(H,14,15). The Morgan fingerprint density at radius 2 is 2.38 bits per heavy atom. The highest BCUT2D eigenvalue weighted by Crippen LogP contribution is 2.13. The van der Waals surface area contributed by atoms with Crippen LogP contribution in [-0.2, 0) is 4.74 Å². The van der Waals surface area contributed by atoms with Crippen LogP contribution in [0.4, 0.5) is 5.69 Å². The van der Waals surface area contributed by atoms with Crippen molar-refractivity contribution < 1.29 is 9.53 Å². The van der Waals surface area contributed by atoms with Gasteiger partial charge in [-0.2, -0.15) is 0 Å². The SMILES string of the molecule is Cc1cc(C(=O)NC2CCOC2)ccc1N. The van der Waals surface area contributed by atoms with E-state index in [-0.39, 0.29) is 11.9 Å². The smallest absolute Gasteiger partial charge is 0.251 e. The molecule has 3 N–H and O–H groups in total. The van der Waals surface area contributed by atoms with Gasteiger partial charge in [-0.05, 0) is 37.1 Å². The molecule has 86 valence electrons. The van der Waals surface area contributed by atoms with Gasteiger partial charge in [0.2, 0.25) is 0 Å². The Bertz CT molecular complexity index is 398. The molecule has 16 heavy (non-hydrogen) atoms. The van der Waals surface area contributed by atoms with E-state index in [4.69, 9.17) is 10.5 Å². The molecule has 2 rings (SSSR count). The molecule has 1 fully saturated rings. The van der Waals surface area contributed by atoms with Gasteiger partial charge in [-0.1, -0.05) is 0 Å². The van der Waals surface area contributed by atoms with Crippen molar-refractivity contribution in [3.63, 3.8) is 0 Å². The molecule has 1 unspecified atom stereocenters. The minimum absolute atomic E-state index is 0.0569. The Morgan fingerprint density at radius 3 is 3.00 bits per heavy atom. The predicted molar refractivity (Wildman–Crippen MR) is 62.3 cm³/mol. The number of carbonyl (C=O) groups excluding carboxylic acids is 1. The maximum absolute atomic E-state index is 11.9. The third kappa shape index (κ3) is 2.33. The lowest BCUT2D eigenvalue weighted by Crippen LogP contribution is -2.35. The molecule has 0 aromatic heterocycles. The van der Waals surface area contributed by atoms with Crippen molar-refractivity contribution in [3.8, 4) is 0 Å². The van der Waals surface area contributed by atoms with Gasteiger partial charge >= 0.3 is 0 Å². The van der Waals surface area contributed by atoms with E-state index in [0.29, 0.717) is 17.9 Å². The summed E-state index contributed by atoms with van der Waals surface area (Å²) in [6.45, 7) is 3.23. The number of nitrogens with one attached hydrogen (secondary N) is 1. The monoisotopic (exact) mass is 220 g/mol. The zero-order valence-corrected chi connectivity index (χ0v) is 9.32. The van der Waals surface area contributed by atoms with Crippen LogP contribution in [0.2, 0.25) is 0 Å². The molecule has 1 amide bonds. The Morgan fingerprint density at radius 1 is 1.56 bits per heavy atom. The third-order valence-corrected chi connectivity index (χ3v) is 2.80. The molecule has 4 heteroatoms. The number of nitrogens with two attached hydrogens (primary N) is 1. The number of amides is 1. The average Bonchev–Trinajstić information content (AvgIpc) is 2.74. The number of benzene rings is 1. The van der Waals surface area contributed by atoms with Crippen molar-refractivity contribution in [2.24, 2.45) is 0 Å². The molecule has 0 saturated carbocycles. The highest BCUT2D eigenvalue weighted by molar-refractivity contribution is 5.95. The van der Waals surface area contributed by atoms with Crippen molar-refractivity contribution >= 4 is 11.6 Å². The van der Waals surface area contributed by atoms with Crippen LogP contribution in [0, 0.1) is 6.92 Å². The predicted octanol–water partition coefficient (Wildman–Crippen LogP) is 1.10. The van der Waals surface area contributed by atoms with Gasteiger partial charge in [0.25, 0.3) is 5.91 Å². The van der Waals surface area contributed by atoms with Crippen LogP contribution in [0.1, 0.15) is 22.3 Å². The molecule has 1 aliphatic heterocycles. The Hall–Kier alpha value is -1.55. The summed E-state index contributed by atoms with van der Waals surface area (Å²) in [4.78, 5) is 11.9. The second-order valence-corrected chi connectivity index (χ2v) is 4.11. The molecular formula is C12H16N2O2. The summed E-state index contributed by atoms with van der Waals surface area (Å²) in [6.07, 6.45) is 0.889. The second-order valence-electron chi connectivity index (χ2n) is 4.11. The summed E-state index contributed by atoms with van der Waals surface area (Å²) in [5, 5.41) is 2.94. The quantitative estimate of drug-likeness (QED) is 0.733. The Balaban J connectivity index is 2.05. The van der Waals surface area contributed by atoms with E-state index < -0.39 is 0 Å². The van der Waals surface area contributed by atoms with E-state index in [0.717, 1.165) is 18.6 Å². The van der Waals surface area contributed by atoms with Gasteiger partial charge in [0.15, 0.2) is 0 Å². The largest absolute Gasteiger partial charge is 0.399 e. The molecule has 1 heterocycles. The molecule has 0 bridgehead atoms. The summed E-state index contributed by atoms with van der Waals surface area (Å²) < 4.78 is 5.20. The first-order valence-electron chi connectivity index (χ1n) is 5.41. The molecule has 1 atom stereocenters. The Labute approximate surface area is 94.8 Å². The summed E-state index contributed by atoms with van der Waals surface area (Å²) in [5.41, 5.74) is 7.99. The van der Waals surface area contributed by atoms with E-state index in [2.05, 4.69) is 5.32 Å². The van der Waals surface area contributed by atoms with Crippen molar-refractivity contribution in [2.45, 2.75) is 19.4 Å². The summed E-state index contributed by atoms with van der Waals surface area (Å²) in [6, 6.07) is 5.45. The number of ether oxygens (including phenoxy) is 1. The normalized spacial score (nSPS) is 19.7. The molecule has 0 spiro atoms. The first kappa shape index (κ1) is 11.0. The number of anilines is 1. The van der Waals surface area contributed by atoms with Gasteiger partial charge in [0.1, 0.15) is 0 Å². The van der Waals surface area contributed by atoms with E-state index in [1.54, 1.807) is 18.2 Å². The van der Waals surface area contributed by atoms with Crippen molar-refractivity contribution in [1.82, 2.24) is 5.32 Å². The molecule has 1 aromatic carbocycles. The van der Waals surface area contributed by atoms with Crippen molar-refractivity contribution in [3.05, 3.63) is 29.3 Å². The van der Waals surface area contributed by atoms with Gasteiger partial charge in [0.05, 0.1) is 12.6 Å². The van der Waals surface area contributed by atoms with Gasteiger partial charge < -0.3 is 15.8 Å². The highest BCUT2D eigenvalue weighted by atomic mass is 16.5. The molecule has 0 radical (unpaired) electrons. The lowest BCUT2D eigenvalue weighted by molar-refractivity contribution is 0.0930. The number of hydrogen-bond acceptors (Lipinski definition) is 3. The van der Waals surface area contributed by atoms with Crippen LogP contribution in [0.25, 0.3) is 0 Å². The van der Waals surface area contributed by atoms with Gasteiger partial charge in [-0.15, -0.1) is 0 Å². The molecule has 1 aromatic rings. The fourth-order valence-corrected chi connectivity index (χ4v) is 1.73. The Kier molecular flexibility index (Phi) is 3.10. The molecule has 1 saturated heterocycles. The minimum atomic E-state index is -0.0569. The highest BCUT2D eigenvalue weighted by Gasteiger charge is 2.18. The summed E-state index contributed by atoms with van der Waals surface area (Å²) in [7, 11) is 0. The van der Waals surface area contributed by atoms with E-state index in [9.17, 15) is 4.79 Å². The molecule has 4 nitrogen and oxygen atoms in total. The van der Waals surface area contributed by atoms with Gasteiger partial charge in [-0.25, -0.2) is 0 Å². The maximum atomic E-state index is 11.9. The first-order valence-corrected chi connectivity index (χ1v) is 5.41. The van der Waals surface area contributed by atoms with E-state index in [1.165, 1.54) is 0 Å². The zero-order chi connectivity index (χ0) is 11.5. The maximum Gasteiger partial charge on any atom is 0.251 e. The minimum Gasteiger partial charge on any atom is -0.399 e. The fourth-order valence-electron chi connectivity index (χ4n) is 1.73. The van der Waals surface area contributed by atoms with Gasteiger partial charge in [-0.3, -0.25) is 4.79 Å². The number of nitrogen functional groups attached to an aromatic ring is 1. The van der Waals surface area contributed by atoms with E-state index >= 15 is 0 Å².